The van der Waals surface area contributed by atoms with Crippen molar-refractivity contribution in [2.75, 3.05) is 0 Å². The number of para-hydroxylation sites is 1. The van der Waals surface area contributed by atoms with E-state index in [1.807, 2.05) is 6.07 Å². The zero-order chi connectivity index (χ0) is 12.8. The molecule has 0 amide bonds. The van der Waals surface area contributed by atoms with Gasteiger partial charge < -0.3 is 15.2 Å². The first-order valence-corrected chi connectivity index (χ1v) is 6.45. The van der Waals surface area contributed by atoms with Gasteiger partial charge in [0.15, 0.2) is 0 Å². The maximum absolute atomic E-state index is 11.6. The number of carbonyl (C=O) groups is 1. The maximum Gasteiger partial charge on any atom is 0.514 e. The van der Waals surface area contributed by atoms with Crippen molar-refractivity contribution in [2.45, 2.75) is 44.2 Å². The molecule has 18 heavy (non-hydrogen) atoms. The zero-order valence-electron chi connectivity index (χ0n) is 10.4. The molecule has 2 unspecified atom stereocenters. The van der Waals surface area contributed by atoms with Crippen LogP contribution in [0.3, 0.4) is 0 Å². The van der Waals surface area contributed by atoms with Crippen LogP contribution in [0.25, 0.3) is 0 Å². The average molecular weight is 249 g/mol. The quantitative estimate of drug-likeness (QED) is 0.497. The predicted octanol–water partition coefficient (Wildman–Crippen LogP) is 2.86. The van der Waals surface area contributed by atoms with Crippen LogP contribution in [0.1, 0.15) is 32.1 Å². The van der Waals surface area contributed by atoms with Crippen molar-refractivity contribution in [1.29, 1.82) is 0 Å². The molecule has 98 valence electrons. The van der Waals surface area contributed by atoms with Gasteiger partial charge in [-0.15, -0.1) is 0 Å². The van der Waals surface area contributed by atoms with Gasteiger partial charge in [-0.2, -0.15) is 0 Å². The number of hydrogen-bond acceptors (Lipinski definition) is 4. The highest BCUT2D eigenvalue weighted by molar-refractivity contribution is 5.64. The van der Waals surface area contributed by atoms with Crippen LogP contribution in [0.4, 0.5) is 4.79 Å². The van der Waals surface area contributed by atoms with Crippen molar-refractivity contribution < 1.29 is 14.3 Å². The molecule has 2 rings (SSSR count). The molecule has 1 saturated carbocycles. The highest BCUT2D eigenvalue weighted by atomic mass is 16.7. The van der Waals surface area contributed by atoms with E-state index in [9.17, 15) is 4.79 Å². The second-order valence-electron chi connectivity index (χ2n) is 4.62. The molecule has 1 aliphatic rings. The van der Waals surface area contributed by atoms with Gasteiger partial charge in [0.2, 0.25) is 0 Å². The van der Waals surface area contributed by atoms with Gasteiger partial charge in [-0.1, -0.05) is 31.0 Å². The SMILES string of the molecule is NC1CCCCCC1OC(=O)Oc1ccccc1. The van der Waals surface area contributed by atoms with Crippen molar-refractivity contribution in [3.63, 3.8) is 0 Å². The molecule has 0 aliphatic heterocycles. The summed E-state index contributed by atoms with van der Waals surface area (Å²) in [4.78, 5) is 11.6. The lowest BCUT2D eigenvalue weighted by molar-refractivity contribution is 0.0436. The van der Waals surface area contributed by atoms with E-state index in [0.29, 0.717) is 5.75 Å². The summed E-state index contributed by atoms with van der Waals surface area (Å²) in [7, 11) is 0. The molecule has 0 heterocycles. The van der Waals surface area contributed by atoms with E-state index < -0.39 is 6.16 Å². The summed E-state index contributed by atoms with van der Waals surface area (Å²) >= 11 is 0. The second kappa shape index (κ2) is 6.40. The molecule has 0 radical (unpaired) electrons. The van der Waals surface area contributed by atoms with Crippen LogP contribution in [0.2, 0.25) is 0 Å². The third kappa shape index (κ3) is 3.74. The Morgan fingerprint density at radius 2 is 1.83 bits per heavy atom. The van der Waals surface area contributed by atoms with E-state index in [1.54, 1.807) is 24.3 Å². The minimum Gasteiger partial charge on any atom is -0.429 e. The standard InChI is InChI=1S/C14H19NO3/c15-12-9-5-2-6-10-13(12)18-14(16)17-11-7-3-1-4-8-11/h1,3-4,7-8,12-13H,2,5-6,9-10,15H2. The van der Waals surface area contributed by atoms with Gasteiger partial charge in [0, 0.05) is 6.04 Å². The number of hydrogen-bond donors (Lipinski definition) is 1. The fourth-order valence-electron chi connectivity index (χ4n) is 2.18. The van der Waals surface area contributed by atoms with Crippen LogP contribution in [0.5, 0.6) is 5.75 Å². The summed E-state index contributed by atoms with van der Waals surface area (Å²) in [5, 5.41) is 0. The van der Waals surface area contributed by atoms with Crippen molar-refractivity contribution >= 4 is 6.16 Å². The minimum absolute atomic E-state index is 0.0733. The molecule has 1 aromatic rings. The molecule has 4 heteroatoms. The van der Waals surface area contributed by atoms with Crippen molar-refractivity contribution in [3.8, 4) is 5.75 Å². The van der Waals surface area contributed by atoms with E-state index >= 15 is 0 Å². The maximum atomic E-state index is 11.6. The van der Waals surface area contributed by atoms with Crippen LogP contribution in [0, 0.1) is 0 Å². The van der Waals surface area contributed by atoms with Crippen LogP contribution < -0.4 is 10.5 Å². The van der Waals surface area contributed by atoms with Gasteiger partial charge >= 0.3 is 6.16 Å². The van der Waals surface area contributed by atoms with E-state index in [-0.39, 0.29) is 12.1 Å². The van der Waals surface area contributed by atoms with Crippen molar-refractivity contribution in [1.82, 2.24) is 0 Å². The summed E-state index contributed by atoms with van der Waals surface area (Å²) in [6.45, 7) is 0. The molecule has 1 aromatic carbocycles. The molecule has 2 N–H and O–H groups in total. The van der Waals surface area contributed by atoms with Crippen LogP contribution in [0.15, 0.2) is 30.3 Å². The largest absolute Gasteiger partial charge is 0.514 e. The lowest BCUT2D eigenvalue weighted by Crippen LogP contribution is -2.37. The van der Waals surface area contributed by atoms with Gasteiger partial charge in [-0.3, -0.25) is 0 Å². The highest BCUT2D eigenvalue weighted by Gasteiger charge is 2.24. The third-order valence-electron chi connectivity index (χ3n) is 3.20. The third-order valence-corrected chi connectivity index (χ3v) is 3.20. The zero-order valence-corrected chi connectivity index (χ0v) is 10.4. The molecule has 0 aromatic heterocycles. The number of carbonyl (C=O) groups excluding carboxylic acids is 1. The van der Waals surface area contributed by atoms with Crippen LogP contribution in [-0.2, 0) is 4.74 Å². The normalized spacial score (nSPS) is 24.1. The van der Waals surface area contributed by atoms with Crippen molar-refractivity contribution in [2.24, 2.45) is 5.73 Å². The Morgan fingerprint density at radius 3 is 2.61 bits per heavy atom. The molecule has 1 fully saturated rings. The summed E-state index contributed by atoms with van der Waals surface area (Å²) in [6, 6.07) is 8.83. The monoisotopic (exact) mass is 249 g/mol. The summed E-state index contributed by atoms with van der Waals surface area (Å²) in [6.07, 6.45) is 4.16. The first kappa shape index (κ1) is 12.9. The second-order valence-corrected chi connectivity index (χ2v) is 4.62. The van der Waals surface area contributed by atoms with E-state index in [0.717, 1.165) is 32.1 Å². The Morgan fingerprint density at radius 1 is 1.11 bits per heavy atom. The summed E-state index contributed by atoms with van der Waals surface area (Å²) in [5.74, 6) is 0.490. The van der Waals surface area contributed by atoms with Crippen molar-refractivity contribution in [3.05, 3.63) is 30.3 Å². The lowest BCUT2D eigenvalue weighted by atomic mass is 10.1. The number of nitrogens with two attached hydrogens (primary N) is 1. The molecular formula is C14H19NO3. The fraction of sp³-hybridized carbons (Fsp3) is 0.500. The van der Waals surface area contributed by atoms with E-state index in [4.69, 9.17) is 15.2 Å². The Hall–Kier alpha value is -1.55. The summed E-state index contributed by atoms with van der Waals surface area (Å²) in [5.41, 5.74) is 5.99. The Labute approximate surface area is 107 Å². The number of benzene rings is 1. The van der Waals surface area contributed by atoms with E-state index in [1.165, 1.54) is 0 Å². The lowest BCUT2D eigenvalue weighted by Gasteiger charge is -2.20. The summed E-state index contributed by atoms with van der Waals surface area (Å²) < 4.78 is 10.4. The van der Waals surface area contributed by atoms with Gasteiger partial charge in [0.1, 0.15) is 11.9 Å². The Kier molecular flexibility index (Phi) is 4.59. The van der Waals surface area contributed by atoms with Gasteiger partial charge in [-0.25, -0.2) is 4.79 Å². The molecule has 2 atom stereocenters. The highest BCUT2D eigenvalue weighted by Crippen LogP contribution is 2.20. The number of ether oxygens (including phenoxy) is 2. The number of rotatable bonds is 2. The van der Waals surface area contributed by atoms with Crippen LogP contribution >= 0.6 is 0 Å². The molecule has 0 saturated heterocycles. The first-order valence-electron chi connectivity index (χ1n) is 6.45. The van der Waals surface area contributed by atoms with Gasteiger partial charge in [0.25, 0.3) is 0 Å². The molecule has 4 nitrogen and oxygen atoms in total. The minimum atomic E-state index is -0.663. The predicted molar refractivity (Wildman–Crippen MR) is 68.4 cm³/mol. The topological polar surface area (TPSA) is 61.5 Å². The first-order chi connectivity index (χ1) is 8.75. The molecular weight excluding hydrogens is 230 g/mol. The smallest absolute Gasteiger partial charge is 0.429 e. The molecule has 1 aliphatic carbocycles. The molecule has 0 spiro atoms. The van der Waals surface area contributed by atoms with Gasteiger partial charge in [-0.05, 0) is 31.4 Å². The molecule has 0 bridgehead atoms. The average Bonchev–Trinajstić information content (AvgIpc) is 2.56. The Balaban J connectivity index is 1.86. The fourth-order valence-corrected chi connectivity index (χ4v) is 2.18. The van der Waals surface area contributed by atoms with E-state index in [2.05, 4.69) is 0 Å². The Bertz CT molecular complexity index is 380. The van der Waals surface area contributed by atoms with Gasteiger partial charge in [0.05, 0.1) is 0 Å². The van der Waals surface area contributed by atoms with Crippen LogP contribution in [-0.4, -0.2) is 18.3 Å².